The van der Waals surface area contributed by atoms with Gasteiger partial charge in [0.1, 0.15) is 0 Å². The molecule has 0 aromatic carbocycles. The third-order valence-electron chi connectivity index (χ3n) is 5.18. The summed E-state index contributed by atoms with van der Waals surface area (Å²) in [5.41, 5.74) is 1.87. The standard InChI is InChI=1S/C16H22O4/c1-8-9-5-16(2,3)6-10(9)13(17)11-7-20-14(12(8)11)15(18)19-4/h7-10,13,17H,5-6H2,1-4H3/t8-,9+,10+,13-/m0/s1. The van der Waals surface area contributed by atoms with Crippen LogP contribution in [0.25, 0.3) is 0 Å². The average molecular weight is 278 g/mol. The fraction of sp³-hybridized carbons (Fsp3) is 0.688. The Labute approximate surface area is 119 Å². The molecule has 0 saturated heterocycles. The summed E-state index contributed by atoms with van der Waals surface area (Å²) in [6.07, 6.45) is 3.09. The normalized spacial score (nSPS) is 34.5. The minimum Gasteiger partial charge on any atom is -0.463 e. The number of ether oxygens (including phenoxy) is 1. The van der Waals surface area contributed by atoms with Gasteiger partial charge in [-0.15, -0.1) is 0 Å². The van der Waals surface area contributed by atoms with Gasteiger partial charge >= 0.3 is 5.97 Å². The predicted octanol–water partition coefficient (Wildman–Crippen LogP) is 3.27. The van der Waals surface area contributed by atoms with Crippen LogP contribution in [0.1, 0.15) is 67.3 Å². The Morgan fingerprint density at radius 3 is 2.70 bits per heavy atom. The highest BCUT2D eigenvalue weighted by molar-refractivity contribution is 5.88. The van der Waals surface area contributed by atoms with Gasteiger partial charge in [-0.2, -0.15) is 0 Å². The van der Waals surface area contributed by atoms with Crippen LogP contribution in [0.5, 0.6) is 0 Å². The SMILES string of the molecule is COC(=O)c1occ2c1[C@@H](C)[C@H]1CC(C)(C)C[C@H]1[C@@H]2O. The van der Waals surface area contributed by atoms with Crippen LogP contribution in [0, 0.1) is 17.3 Å². The first-order chi connectivity index (χ1) is 9.35. The van der Waals surface area contributed by atoms with E-state index in [-0.39, 0.29) is 23.0 Å². The second-order valence-electron chi connectivity index (χ2n) is 7.06. The minimum atomic E-state index is -0.532. The molecule has 0 bridgehead atoms. The summed E-state index contributed by atoms with van der Waals surface area (Å²) in [5, 5.41) is 10.6. The van der Waals surface area contributed by atoms with Gasteiger partial charge in [-0.3, -0.25) is 0 Å². The van der Waals surface area contributed by atoms with E-state index in [2.05, 4.69) is 20.8 Å². The number of furan rings is 1. The molecule has 1 aromatic rings. The molecule has 3 rings (SSSR count). The van der Waals surface area contributed by atoms with Crippen molar-refractivity contribution >= 4 is 5.97 Å². The maximum atomic E-state index is 11.8. The van der Waals surface area contributed by atoms with Crippen LogP contribution in [-0.4, -0.2) is 18.2 Å². The number of hydrogen-bond donors (Lipinski definition) is 1. The molecule has 0 spiro atoms. The van der Waals surface area contributed by atoms with Crippen molar-refractivity contribution in [3.63, 3.8) is 0 Å². The lowest BCUT2D eigenvalue weighted by atomic mass is 9.70. The number of hydrogen-bond acceptors (Lipinski definition) is 4. The summed E-state index contributed by atoms with van der Waals surface area (Å²) in [4.78, 5) is 11.8. The van der Waals surface area contributed by atoms with Crippen LogP contribution in [0.4, 0.5) is 0 Å². The Balaban J connectivity index is 2.05. The first-order valence-electron chi connectivity index (χ1n) is 7.23. The van der Waals surface area contributed by atoms with E-state index in [1.807, 2.05) is 0 Å². The molecular formula is C16H22O4. The third kappa shape index (κ3) is 1.81. The van der Waals surface area contributed by atoms with E-state index in [1.54, 1.807) is 0 Å². The molecule has 0 radical (unpaired) electrons. The van der Waals surface area contributed by atoms with Crippen LogP contribution in [0.3, 0.4) is 0 Å². The molecular weight excluding hydrogens is 256 g/mol. The van der Waals surface area contributed by atoms with Crippen LogP contribution in [-0.2, 0) is 4.74 Å². The first kappa shape index (κ1) is 13.7. The Morgan fingerprint density at radius 2 is 2.05 bits per heavy atom. The van der Waals surface area contributed by atoms with Crippen LogP contribution >= 0.6 is 0 Å². The predicted molar refractivity (Wildman–Crippen MR) is 73.4 cm³/mol. The van der Waals surface area contributed by atoms with Gasteiger partial charge in [0.25, 0.3) is 0 Å². The molecule has 110 valence electrons. The molecule has 1 heterocycles. The van der Waals surface area contributed by atoms with E-state index in [0.29, 0.717) is 5.92 Å². The lowest BCUT2D eigenvalue weighted by Gasteiger charge is -2.35. The number of carbonyl (C=O) groups is 1. The van der Waals surface area contributed by atoms with Gasteiger partial charge in [-0.05, 0) is 36.0 Å². The quantitative estimate of drug-likeness (QED) is 0.801. The maximum Gasteiger partial charge on any atom is 0.374 e. The first-order valence-corrected chi connectivity index (χ1v) is 7.23. The molecule has 1 N–H and O–H groups in total. The van der Waals surface area contributed by atoms with Crippen molar-refractivity contribution in [2.75, 3.05) is 7.11 Å². The van der Waals surface area contributed by atoms with Crippen molar-refractivity contribution in [3.05, 3.63) is 23.2 Å². The van der Waals surface area contributed by atoms with Gasteiger partial charge in [0.15, 0.2) is 0 Å². The summed E-state index contributed by atoms with van der Waals surface area (Å²) >= 11 is 0. The Bertz CT molecular complexity index is 543. The highest BCUT2D eigenvalue weighted by Gasteiger charge is 2.51. The molecule has 1 fully saturated rings. The van der Waals surface area contributed by atoms with Crippen molar-refractivity contribution in [1.82, 2.24) is 0 Å². The lowest BCUT2D eigenvalue weighted by Crippen LogP contribution is -2.28. The maximum absolute atomic E-state index is 11.8. The average Bonchev–Trinajstić information content (AvgIpc) is 2.96. The van der Waals surface area contributed by atoms with E-state index in [9.17, 15) is 9.90 Å². The molecule has 0 aliphatic heterocycles. The smallest absolute Gasteiger partial charge is 0.374 e. The lowest BCUT2D eigenvalue weighted by molar-refractivity contribution is 0.0550. The number of rotatable bonds is 1. The molecule has 4 atom stereocenters. The number of aliphatic hydroxyl groups is 1. The highest BCUT2D eigenvalue weighted by atomic mass is 16.5. The largest absolute Gasteiger partial charge is 0.463 e. The number of aliphatic hydroxyl groups excluding tert-OH is 1. The molecule has 1 aromatic heterocycles. The van der Waals surface area contributed by atoms with Crippen LogP contribution in [0.2, 0.25) is 0 Å². The molecule has 4 nitrogen and oxygen atoms in total. The van der Waals surface area contributed by atoms with E-state index in [0.717, 1.165) is 24.0 Å². The summed E-state index contributed by atoms with van der Waals surface area (Å²) in [6.45, 7) is 6.63. The zero-order valence-corrected chi connectivity index (χ0v) is 12.5. The molecule has 2 aliphatic carbocycles. The summed E-state index contributed by atoms with van der Waals surface area (Å²) in [6, 6.07) is 0. The molecule has 2 aliphatic rings. The Hall–Kier alpha value is -1.29. The molecule has 0 amide bonds. The highest BCUT2D eigenvalue weighted by Crippen LogP contribution is 2.59. The minimum absolute atomic E-state index is 0.216. The number of methoxy groups -OCH3 is 1. The van der Waals surface area contributed by atoms with Crippen LogP contribution in [0.15, 0.2) is 10.7 Å². The van der Waals surface area contributed by atoms with Gasteiger partial charge in [-0.1, -0.05) is 20.8 Å². The summed E-state index contributed by atoms with van der Waals surface area (Å²) in [5.74, 6) is 0.676. The second kappa shape index (κ2) is 4.35. The van der Waals surface area contributed by atoms with E-state index >= 15 is 0 Å². The monoisotopic (exact) mass is 278 g/mol. The number of esters is 1. The fourth-order valence-corrected chi connectivity index (χ4v) is 4.33. The molecule has 4 heteroatoms. The van der Waals surface area contributed by atoms with Gasteiger partial charge in [0.2, 0.25) is 5.76 Å². The van der Waals surface area contributed by atoms with Crippen molar-refractivity contribution in [2.24, 2.45) is 17.3 Å². The second-order valence-corrected chi connectivity index (χ2v) is 7.06. The van der Waals surface area contributed by atoms with Crippen molar-refractivity contribution in [2.45, 2.75) is 45.6 Å². The Morgan fingerprint density at radius 1 is 1.40 bits per heavy atom. The third-order valence-corrected chi connectivity index (χ3v) is 5.18. The fourth-order valence-electron chi connectivity index (χ4n) is 4.33. The zero-order valence-electron chi connectivity index (χ0n) is 12.5. The van der Waals surface area contributed by atoms with E-state index < -0.39 is 12.1 Å². The van der Waals surface area contributed by atoms with Gasteiger partial charge in [0.05, 0.1) is 19.5 Å². The summed E-state index contributed by atoms with van der Waals surface area (Å²) in [7, 11) is 1.35. The van der Waals surface area contributed by atoms with Crippen molar-refractivity contribution in [3.8, 4) is 0 Å². The van der Waals surface area contributed by atoms with Crippen molar-refractivity contribution < 1.29 is 19.1 Å². The topological polar surface area (TPSA) is 59.7 Å². The summed E-state index contributed by atoms with van der Waals surface area (Å²) < 4.78 is 10.2. The van der Waals surface area contributed by atoms with Gasteiger partial charge in [-0.25, -0.2) is 4.79 Å². The van der Waals surface area contributed by atoms with Crippen molar-refractivity contribution in [1.29, 1.82) is 0 Å². The molecule has 20 heavy (non-hydrogen) atoms. The van der Waals surface area contributed by atoms with Crippen LogP contribution < -0.4 is 0 Å². The molecule has 1 saturated carbocycles. The number of carbonyl (C=O) groups excluding carboxylic acids is 1. The van der Waals surface area contributed by atoms with Gasteiger partial charge in [0, 0.05) is 11.1 Å². The number of fused-ring (bicyclic) bond motifs is 2. The zero-order chi connectivity index (χ0) is 14.7. The van der Waals surface area contributed by atoms with Gasteiger partial charge < -0.3 is 14.3 Å². The Kier molecular flexibility index (Phi) is 2.98. The van der Waals surface area contributed by atoms with E-state index in [4.69, 9.17) is 9.15 Å². The molecule has 0 unspecified atom stereocenters. The van der Waals surface area contributed by atoms with E-state index in [1.165, 1.54) is 13.4 Å².